The molecule has 0 saturated carbocycles. The van der Waals surface area contributed by atoms with Crippen molar-refractivity contribution in [3.8, 4) is 0 Å². The monoisotopic (exact) mass is 212 g/mol. The summed E-state index contributed by atoms with van der Waals surface area (Å²) < 4.78 is 0. The summed E-state index contributed by atoms with van der Waals surface area (Å²) in [4.78, 5) is 4.73. The maximum atomic E-state index is 7.37. The predicted molar refractivity (Wildman–Crippen MR) is 64.2 cm³/mol. The largest absolute Gasteiger partial charge is 0.387 e. The van der Waals surface area contributed by atoms with Gasteiger partial charge in [-0.3, -0.25) is 5.41 Å². The van der Waals surface area contributed by atoms with Gasteiger partial charge < -0.3 is 15.5 Å². The van der Waals surface area contributed by atoms with Gasteiger partial charge in [-0.15, -0.1) is 0 Å². The van der Waals surface area contributed by atoms with Gasteiger partial charge in [-0.05, 0) is 40.0 Å². The second-order valence-electron chi connectivity index (χ2n) is 4.85. The molecular formula is C11H24N4. The summed E-state index contributed by atoms with van der Waals surface area (Å²) in [5.74, 6) is 0.505. The van der Waals surface area contributed by atoms with Gasteiger partial charge in [-0.25, -0.2) is 0 Å². The minimum Gasteiger partial charge on any atom is -0.387 e. The van der Waals surface area contributed by atoms with E-state index in [2.05, 4.69) is 23.9 Å². The number of nitrogens with zero attached hydrogens (tertiary/aromatic N) is 2. The van der Waals surface area contributed by atoms with Gasteiger partial charge in [0, 0.05) is 18.5 Å². The fourth-order valence-corrected chi connectivity index (χ4v) is 2.10. The predicted octanol–water partition coefficient (Wildman–Crippen LogP) is 0.584. The SMILES string of the molecule is CC(CN1CCC(N(C)C)CC1)C(=N)N. The van der Waals surface area contributed by atoms with E-state index in [1.807, 2.05) is 6.92 Å². The molecule has 3 N–H and O–H groups in total. The van der Waals surface area contributed by atoms with Gasteiger partial charge in [0.1, 0.15) is 0 Å². The highest BCUT2D eigenvalue weighted by molar-refractivity contribution is 5.79. The van der Waals surface area contributed by atoms with Crippen LogP contribution in [0, 0.1) is 11.3 Å². The van der Waals surface area contributed by atoms with Crippen LogP contribution in [-0.2, 0) is 0 Å². The van der Waals surface area contributed by atoms with Crippen molar-refractivity contribution >= 4 is 5.84 Å². The fraction of sp³-hybridized carbons (Fsp3) is 0.909. The maximum Gasteiger partial charge on any atom is 0.0947 e. The quantitative estimate of drug-likeness (QED) is 0.529. The third kappa shape index (κ3) is 3.80. The summed E-state index contributed by atoms with van der Waals surface area (Å²) in [6.45, 7) is 5.25. The van der Waals surface area contributed by atoms with Crippen LogP contribution in [0.3, 0.4) is 0 Å². The molecule has 0 bridgehead atoms. The summed E-state index contributed by atoms with van der Waals surface area (Å²) in [5, 5.41) is 7.37. The Labute approximate surface area is 92.9 Å². The number of nitrogens with one attached hydrogen (secondary N) is 1. The van der Waals surface area contributed by atoms with Gasteiger partial charge in [0.25, 0.3) is 0 Å². The highest BCUT2D eigenvalue weighted by atomic mass is 15.2. The summed E-state index contributed by atoms with van der Waals surface area (Å²) in [6, 6.07) is 0.730. The molecule has 15 heavy (non-hydrogen) atoms. The van der Waals surface area contributed by atoms with Gasteiger partial charge in [-0.2, -0.15) is 0 Å². The van der Waals surface area contributed by atoms with Crippen LogP contribution in [0.2, 0.25) is 0 Å². The molecule has 1 aliphatic rings. The lowest BCUT2D eigenvalue weighted by atomic mass is 10.0. The molecule has 0 aromatic heterocycles. The summed E-state index contributed by atoms with van der Waals surface area (Å²) in [7, 11) is 4.30. The molecule has 0 aromatic carbocycles. The number of amidine groups is 1. The van der Waals surface area contributed by atoms with E-state index in [0.717, 1.165) is 25.7 Å². The van der Waals surface area contributed by atoms with Crippen molar-refractivity contribution in [1.82, 2.24) is 9.80 Å². The third-order valence-corrected chi connectivity index (χ3v) is 3.35. The van der Waals surface area contributed by atoms with Crippen LogP contribution in [0.15, 0.2) is 0 Å². The second-order valence-corrected chi connectivity index (χ2v) is 4.85. The molecule has 1 unspecified atom stereocenters. The zero-order valence-electron chi connectivity index (χ0n) is 10.2. The molecule has 1 aliphatic heterocycles. The first-order valence-corrected chi connectivity index (χ1v) is 5.73. The Morgan fingerprint density at radius 3 is 2.40 bits per heavy atom. The first kappa shape index (κ1) is 12.5. The van der Waals surface area contributed by atoms with E-state index in [1.165, 1.54) is 12.8 Å². The van der Waals surface area contributed by atoms with E-state index in [1.54, 1.807) is 0 Å². The Morgan fingerprint density at radius 2 is 2.00 bits per heavy atom. The molecular weight excluding hydrogens is 188 g/mol. The summed E-state index contributed by atoms with van der Waals surface area (Å²) >= 11 is 0. The van der Waals surface area contributed by atoms with Crippen LogP contribution in [0.5, 0.6) is 0 Å². The van der Waals surface area contributed by atoms with E-state index >= 15 is 0 Å². The van der Waals surface area contributed by atoms with Gasteiger partial charge in [0.2, 0.25) is 0 Å². The van der Waals surface area contributed by atoms with Crippen LogP contribution >= 0.6 is 0 Å². The second kappa shape index (κ2) is 5.47. The summed E-state index contributed by atoms with van der Waals surface area (Å²) in [5.41, 5.74) is 5.48. The van der Waals surface area contributed by atoms with E-state index in [0.29, 0.717) is 5.84 Å². The lowest BCUT2D eigenvalue weighted by molar-refractivity contribution is 0.139. The molecule has 1 rings (SSSR count). The highest BCUT2D eigenvalue weighted by Gasteiger charge is 2.21. The first-order chi connectivity index (χ1) is 7.00. The molecule has 1 fully saturated rings. The Hall–Kier alpha value is -0.610. The van der Waals surface area contributed by atoms with Crippen LogP contribution in [-0.4, -0.2) is 55.4 Å². The number of rotatable bonds is 4. The topological polar surface area (TPSA) is 56.4 Å². The summed E-state index contributed by atoms with van der Waals surface area (Å²) in [6.07, 6.45) is 2.47. The Morgan fingerprint density at radius 1 is 1.47 bits per heavy atom. The van der Waals surface area contributed by atoms with Crippen molar-refractivity contribution in [2.45, 2.75) is 25.8 Å². The molecule has 0 spiro atoms. The number of hydrogen-bond acceptors (Lipinski definition) is 3. The van der Waals surface area contributed by atoms with Crippen molar-refractivity contribution in [2.75, 3.05) is 33.7 Å². The Kier molecular flexibility index (Phi) is 4.54. The van der Waals surface area contributed by atoms with E-state index in [9.17, 15) is 0 Å². The van der Waals surface area contributed by atoms with E-state index < -0.39 is 0 Å². The van der Waals surface area contributed by atoms with Gasteiger partial charge in [0.05, 0.1) is 5.84 Å². The van der Waals surface area contributed by atoms with Crippen molar-refractivity contribution in [2.24, 2.45) is 11.7 Å². The van der Waals surface area contributed by atoms with Crippen molar-refractivity contribution in [3.05, 3.63) is 0 Å². The number of hydrogen-bond donors (Lipinski definition) is 2. The zero-order chi connectivity index (χ0) is 11.4. The maximum absolute atomic E-state index is 7.37. The lowest BCUT2D eigenvalue weighted by Gasteiger charge is -2.36. The molecule has 1 saturated heterocycles. The molecule has 0 radical (unpaired) electrons. The molecule has 88 valence electrons. The van der Waals surface area contributed by atoms with Crippen molar-refractivity contribution < 1.29 is 0 Å². The van der Waals surface area contributed by atoms with Crippen LogP contribution in [0.25, 0.3) is 0 Å². The average Bonchev–Trinajstić information content (AvgIpc) is 2.18. The number of likely N-dealkylation sites (tertiary alicyclic amines) is 1. The minimum atomic E-state index is 0.195. The average molecular weight is 212 g/mol. The van der Waals surface area contributed by atoms with Crippen molar-refractivity contribution in [3.63, 3.8) is 0 Å². The van der Waals surface area contributed by atoms with E-state index in [4.69, 9.17) is 11.1 Å². The minimum absolute atomic E-state index is 0.195. The number of piperidine rings is 1. The van der Waals surface area contributed by atoms with Crippen LogP contribution in [0.1, 0.15) is 19.8 Å². The molecule has 0 amide bonds. The molecule has 1 atom stereocenters. The van der Waals surface area contributed by atoms with E-state index in [-0.39, 0.29) is 5.92 Å². The third-order valence-electron chi connectivity index (χ3n) is 3.35. The Balaban J connectivity index is 2.28. The van der Waals surface area contributed by atoms with Crippen LogP contribution in [0.4, 0.5) is 0 Å². The molecule has 0 aliphatic carbocycles. The lowest BCUT2D eigenvalue weighted by Crippen LogP contribution is -2.44. The fourth-order valence-electron chi connectivity index (χ4n) is 2.10. The standard InChI is InChI=1S/C11H24N4/c1-9(11(12)13)8-15-6-4-10(5-7-15)14(2)3/h9-10H,4-8H2,1-3H3,(H3,12,13). The normalized spacial score (nSPS) is 21.9. The van der Waals surface area contributed by atoms with Gasteiger partial charge in [-0.1, -0.05) is 6.92 Å². The first-order valence-electron chi connectivity index (χ1n) is 5.73. The zero-order valence-corrected chi connectivity index (χ0v) is 10.2. The Bertz CT molecular complexity index is 207. The molecule has 0 aromatic rings. The molecule has 4 heteroatoms. The highest BCUT2D eigenvalue weighted by Crippen LogP contribution is 2.15. The molecule has 4 nitrogen and oxygen atoms in total. The van der Waals surface area contributed by atoms with Gasteiger partial charge >= 0.3 is 0 Å². The molecule has 1 heterocycles. The van der Waals surface area contributed by atoms with Crippen molar-refractivity contribution in [1.29, 1.82) is 5.41 Å². The number of nitrogens with two attached hydrogens (primary N) is 1. The van der Waals surface area contributed by atoms with Gasteiger partial charge in [0.15, 0.2) is 0 Å². The van der Waals surface area contributed by atoms with Crippen LogP contribution < -0.4 is 5.73 Å². The smallest absolute Gasteiger partial charge is 0.0947 e.